The van der Waals surface area contributed by atoms with Crippen molar-refractivity contribution in [2.24, 2.45) is 5.73 Å². The summed E-state index contributed by atoms with van der Waals surface area (Å²) in [4.78, 5) is 95.5. The maximum absolute atomic E-state index is 12.3. The maximum atomic E-state index is 12.3. The average Bonchev–Trinajstić information content (AvgIpc) is 3.38. The second kappa shape index (κ2) is 21.9. The Kier molecular flexibility index (Phi) is 20.0. The molecule has 0 radical (unpaired) electrons. The molecule has 56 heavy (non-hydrogen) atoms. The molecular formula is C22H44N4O24P6. The first-order valence-corrected chi connectivity index (χ1v) is 25.1. The first kappa shape index (κ1) is 51.0. The third-order valence-electron chi connectivity index (χ3n) is 6.85. The minimum Gasteiger partial charge on any atom is -0.390 e. The number of aliphatic hydroxyl groups is 1. The number of aryl methyl sites for hydroxylation is 1. The summed E-state index contributed by atoms with van der Waals surface area (Å²) in [7, 11) is -36.8. The van der Waals surface area contributed by atoms with Crippen LogP contribution in [0, 0.1) is 6.92 Å². The number of carbonyl (C=O) groups is 1. The molecule has 2 heterocycles. The number of carbonyl (C=O) groups excluding carboxylic acids is 1. The van der Waals surface area contributed by atoms with Crippen LogP contribution in [-0.4, -0.2) is 88.4 Å². The average molecular weight is 934 g/mol. The Hall–Kier alpha value is -1.11. The second-order valence-electron chi connectivity index (χ2n) is 11.6. The molecule has 1 aliphatic rings. The van der Waals surface area contributed by atoms with Crippen molar-refractivity contribution in [2.45, 2.75) is 83.1 Å². The van der Waals surface area contributed by atoms with Crippen LogP contribution in [0.3, 0.4) is 0 Å². The number of H-pyrrole nitrogens is 1. The van der Waals surface area contributed by atoms with Gasteiger partial charge in [-0.15, -0.1) is 0 Å². The molecule has 0 saturated carbocycles. The highest BCUT2D eigenvalue weighted by atomic mass is 31.3. The molecule has 34 heteroatoms. The van der Waals surface area contributed by atoms with Crippen molar-refractivity contribution < 1.29 is 102 Å². The largest absolute Gasteiger partial charge is 0.490 e. The summed E-state index contributed by atoms with van der Waals surface area (Å²) in [6.45, 7) is 0.618. The van der Waals surface area contributed by atoms with E-state index >= 15 is 0 Å². The zero-order valence-corrected chi connectivity index (χ0v) is 34.6. The minimum atomic E-state index is -6.47. The van der Waals surface area contributed by atoms with Crippen molar-refractivity contribution in [3.05, 3.63) is 32.6 Å². The van der Waals surface area contributed by atoms with Crippen molar-refractivity contribution in [1.29, 1.82) is 0 Å². The smallest absolute Gasteiger partial charge is 0.390 e. The van der Waals surface area contributed by atoms with E-state index in [1.54, 1.807) is 0 Å². The lowest BCUT2D eigenvalue weighted by Gasteiger charge is -2.21. The summed E-state index contributed by atoms with van der Waals surface area (Å²) in [5.41, 5.74) is 3.84. The Morgan fingerprint density at radius 2 is 1.30 bits per heavy atom. The Labute approximate surface area is 317 Å². The van der Waals surface area contributed by atoms with Crippen LogP contribution in [0.2, 0.25) is 0 Å². The number of unbranched alkanes of at least 4 members (excludes halogenated alkanes) is 5. The third kappa shape index (κ3) is 19.8. The summed E-state index contributed by atoms with van der Waals surface area (Å²) < 4.78 is 106. The van der Waals surface area contributed by atoms with Gasteiger partial charge in [-0.25, -0.2) is 32.2 Å². The molecule has 1 aromatic rings. The Bertz CT molecular complexity index is 1890. The van der Waals surface area contributed by atoms with E-state index in [0.717, 1.165) is 23.6 Å². The maximum Gasteiger partial charge on any atom is 0.490 e. The first-order chi connectivity index (χ1) is 25.7. The van der Waals surface area contributed by atoms with E-state index in [4.69, 9.17) is 10.5 Å². The van der Waals surface area contributed by atoms with Gasteiger partial charge in [0.05, 0.1) is 19.3 Å². The Morgan fingerprint density at radius 1 is 0.804 bits per heavy atom. The number of phosphoric ester groups is 2. The Morgan fingerprint density at radius 3 is 1.86 bits per heavy atom. The monoisotopic (exact) mass is 934 g/mol. The predicted octanol–water partition coefficient (Wildman–Crippen LogP) is 1.41. The number of aromatic nitrogens is 2. The van der Waals surface area contributed by atoms with Crippen molar-refractivity contribution in [3.8, 4) is 0 Å². The summed E-state index contributed by atoms with van der Waals surface area (Å²) in [5.74, 6) is -0.125. The number of hydrogen-bond donors (Lipinski definition) is 10. The molecule has 0 bridgehead atoms. The van der Waals surface area contributed by atoms with Crippen LogP contribution in [0.4, 0.5) is 0 Å². The van der Waals surface area contributed by atoms with Gasteiger partial charge >= 0.3 is 52.6 Å². The highest BCUT2D eigenvalue weighted by Crippen LogP contribution is 2.75. The zero-order chi connectivity index (χ0) is 42.6. The third-order valence-corrected chi connectivity index (χ3v) is 16.1. The van der Waals surface area contributed by atoms with Gasteiger partial charge in [0.1, 0.15) is 12.3 Å². The van der Waals surface area contributed by atoms with Gasteiger partial charge in [-0.3, -0.25) is 28.2 Å². The molecule has 0 spiro atoms. The van der Waals surface area contributed by atoms with Crippen LogP contribution in [0.25, 0.3) is 0 Å². The molecule has 28 nitrogen and oxygen atoms in total. The lowest BCUT2D eigenvalue weighted by Crippen LogP contribution is -2.33. The minimum absolute atomic E-state index is 0.0860. The van der Waals surface area contributed by atoms with Gasteiger partial charge in [0, 0.05) is 31.1 Å². The number of nitrogens with two attached hydrogens (primary N) is 1. The van der Waals surface area contributed by atoms with Gasteiger partial charge in [0.2, 0.25) is 5.91 Å². The summed E-state index contributed by atoms with van der Waals surface area (Å²) >= 11 is 0. The van der Waals surface area contributed by atoms with Gasteiger partial charge in [0.15, 0.2) is 0 Å². The highest BCUT2D eigenvalue weighted by molar-refractivity contribution is 7.72. The number of phosphoric acid groups is 6. The van der Waals surface area contributed by atoms with E-state index in [1.807, 2.05) is 4.98 Å². The lowest BCUT2D eigenvalue weighted by atomic mass is 10.2. The van der Waals surface area contributed by atoms with Gasteiger partial charge in [0.25, 0.3) is 5.56 Å². The van der Waals surface area contributed by atoms with E-state index in [0.29, 0.717) is 45.2 Å². The van der Waals surface area contributed by atoms with E-state index in [1.165, 1.54) is 6.92 Å². The fourth-order valence-corrected chi connectivity index (χ4v) is 12.3. The van der Waals surface area contributed by atoms with Crippen LogP contribution in [0.15, 0.2) is 15.8 Å². The zero-order valence-electron chi connectivity index (χ0n) is 29.3. The standard InChI is InChI=1S/C22H44N4O24P6/c1-16-14-26(22(30)25-21(16)29)20-13-17(27)18(45-20)15-44-52(33,34)47-54(37,38)49-56(41,42)50-55(39,40)48-53(35,36)46-51(31,32)43-12-8-3-2-7-11-24-19(28)9-5-4-6-10-23/h14,17-18,20,27H,2-13,15,23H2,1H3,(H,24,28)(H,31,32)(H,33,34)(H,35,36)(H,37,38)(H,39,40)(H,41,42)(H,25,29,30)/t17-,18-,20-/m1/s1. The van der Waals surface area contributed by atoms with Crippen molar-refractivity contribution in [2.75, 3.05) is 26.3 Å². The van der Waals surface area contributed by atoms with E-state index in [2.05, 4.69) is 35.9 Å². The van der Waals surface area contributed by atoms with Crippen molar-refractivity contribution >= 4 is 52.8 Å². The molecule has 6 unspecified atom stereocenters. The molecule has 1 fully saturated rings. The molecule has 326 valence electrons. The number of amides is 1. The van der Waals surface area contributed by atoms with Crippen molar-refractivity contribution in [1.82, 2.24) is 14.9 Å². The number of aromatic amines is 1. The van der Waals surface area contributed by atoms with Gasteiger partial charge in [-0.1, -0.05) is 19.3 Å². The summed E-state index contributed by atoms with van der Waals surface area (Å²) in [6, 6.07) is 0. The van der Waals surface area contributed by atoms with Gasteiger partial charge in [-0.05, 0) is 39.2 Å². The molecule has 1 aliphatic heterocycles. The fraction of sp³-hybridized carbons (Fsp3) is 0.773. The van der Waals surface area contributed by atoms with Gasteiger partial charge < -0.3 is 50.3 Å². The second-order valence-corrected chi connectivity index (χ2v) is 21.0. The van der Waals surface area contributed by atoms with E-state index in [-0.39, 0.29) is 24.3 Å². The number of nitrogens with one attached hydrogen (secondary N) is 2. The molecule has 1 aromatic heterocycles. The van der Waals surface area contributed by atoms with Crippen LogP contribution in [0.1, 0.15) is 69.6 Å². The number of nitrogens with zero attached hydrogens (tertiary/aromatic N) is 1. The predicted molar refractivity (Wildman–Crippen MR) is 186 cm³/mol. The normalized spacial score (nSPS) is 23.8. The summed E-state index contributed by atoms with van der Waals surface area (Å²) in [6.07, 6.45) is 0.818. The lowest BCUT2D eigenvalue weighted by molar-refractivity contribution is -0.121. The fourth-order valence-electron chi connectivity index (χ4n) is 4.45. The van der Waals surface area contributed by atoms with Crippen LogP contribution < -0.4 is 22.3 Å². The molecular weight excluding hydrogens is 890 g/mol. The first-order valence-electron chi connectivity index (χ1n) is 16.1. The molecule has 2 rings (SSSR count). The molecule has 1 amide bonds. The van der Waals surface area contributed by atoms with E-state index in [9.17, 15) is 76.2 Å². The number of rotatable bonds is 27. The Balaban J connectivity index is 1.81. The number of aliphatic hydroxyl groups excluding tert-OH is 1. The van der Waals surface area contributed by atoms with Crippen molar-refractivity contribution in [3.63, 3.8) is 0 Å². The topological polar surface area (TPSA) is 428 Å². The van der Waals surface area contributed by atoms with Crippen LogP contribution in [-0.2, 0) is 67.5 Å². The molecule has 9 atom stereocenters. The molecule has 0 aliphatic carbocycles. The van der Waals surface area contributed by atoms with Crippen LogP contribution in [0.5, 0.6) is 0 Å². The molecule has 11 N–H and O–H groups in total. The van der Waals surface area contributed by atoms with E-state index < -0.39 is 89.8 Å². The number of ether oxygens (including phenoxy) is 1. The highest BCUT2D eigenvalue weighted by Gasteiger charge is 2.50. The SMILES string of the molecule is Cc1cn([C@H]2C[C@@H](O)[C@@H](COP(=O)(O)OP(=O)(O)OP(=O)(O)OP(=O)(O)OP(=O)(O)OP(=O)(O)OCCCCCCNC(=O)CCCCCN)O2)c(=O)[nH]c1=O. The molecule has 1 saturated heterocycles. The van der Waals surface area contributed by atoms with Gasteiger partial charge in [-0.2, -0.15) is 21.6 Å². The molecule has 0 aromatic carbocycles. The van der Waals surface area contributed by atoms with Crippen LogP contribution >= 0.6 is 46.9 Å². The number of hydrogen-bond acceptors (Lipinski definition) is 19. The quantitative estimate of drug-likeness (QED) is 0.0440. The summed E-state index contributed by atoms with van der Waals surface area (Å²) in [5, 5.41) is 12.9.